The molecular formula is C16H24O6. The van der Waals surface area contributed by atoms with Gasteiger partial charge in [0.15, 0.2) is 6.10 Å². The van der Waals surface area contributed by atoms with Gasteiger partial charge in [-0.1, -0.05) is 12.1 Å². The molecule has 0 aliphatic heterocycles. The summed E-state index contributed by atoms with van der Waals surface area (Å²) in [7, 11) is 1.57. The van der Waals surface area contributed by atoms with Crippen LogP contribution in [-0.2, 0) is 16.1 Å². The highest BCUT2D eigenvalue weighted by molar-refractivity contribution is 5.72. The topological polar surface area (TPSA) is 96.2 Å². The lowest BCUT2D eigenvalue weighted by Gasteiger charge is -2.17. The third-order valence-corrected chi connectivity index (χ3v) is 3.32. The fraction of sp³-hybridized carbons (Fsp3) is 0.562. The molecule has 0 heterocycles. The molecule has 0 bridgehead atoms. The predicted molar refractivity (Wildman–Crippen MR) is 80.8 cm³/mol. The van der Waals surface area contributed by atoms with Crippen LogP contribution in [0.4, 0.5) is 0 Å². The van der Waals surface area contributed by atoms with Crippen LogP contribution in [0.3, 0.4) is 0 Å². The van der Waals surface area contributed by atoms with Crippen molar-refractivity contribution in [2.45, 2.75) is 44.5 Å². The van der Waals surface area contributed by atoms with Crippen LogP contribution in [-0.4, -0.2) is 47.2 Å². The molecule has 2 atom stereocenters. The number of rotatable bonds is 11. The van der Waals surface area contributed by atoms with Crippen LogP contribution >= 0.6 is 0 Å². The van der Waals surface area contributed by atoms with E-state index < -0.39 is 18.2 Å². The molecule has 22 heavy (non-hydrogen) atoms. The van der Waals surface area contributed by atoms with Crippen molar-refractivity contribution in [3.05, 3.63) is 29.8 Å². The van der Waals surface area contributed by atoms with Gasteiger partial charge in [0.05, 0.1) is 19.8 Å². The van der Waals surface area contributed by atoms with Crippen molar-refractivity contribution in [2.24, 2.45) is 0 Å². The van der Waals surface area contributed by atoms with E-state index in [0.29, 0.717) is 19.3 Å². The van der Waals surface area contributed by atoms with Crippen LogP contribution in [0, 0.1) is 0 Å². The predicted octanol–water partition coefficient (Wildman–Crippen LogP) is 1.58. The maximum atomic E-state index is 11.2. The lowest BCUT2D eigenvalue weighted by atomic mass is 10.1. The first-order valence-corrected chi connectivity index (χ1v) is 7.33. The first-order valence-electron chi connectivity index (χ1n) is 7.33. The Labute approximate surface area is 130 Å². The van der Waals surface area contributed by atoms with E-state index in [1.165, 1.54) is 0 Å². The molecule has 0 aromatic heterocycles. The summed E-state index contributed by atoms with van der Waals surface area (Å²) in [5, 5.41) is 27.7. The summed E-state index contributed by atoms with van der Waals surface area (Å²) in [6.07, 6.45) is -0.0494. The number of aliphatic carboxylic acids is 1. The molecule has 6 nitrogen and oxygen atoms in total. The van der Waals surface area contributed by atoms with Gasteiger partial charge in [-0.05, 0) is 37.0 Å². The minimum atomic E-state index is -1.09. The summed E-state index contributed by atoms with van der Waals surface area (Å²) >= 11 is 0. The third-order valence-electron chi connectivity index (χ3n) is 3.32. The standard InChI is InChI=1S/C16H24O6/c1-21-14-7-5-12(6-8-14)11-22-15(16(19)20)10-13(18)4-2-3-9-17/h5-8,13,15,17-18H,2-4,9-11H2,1H3,(H,19,20)/t13?,15-/m0/s1. The van der Waals surface area contributed by atoms with Gasteiger partial charge in [0, 0.05) is 13.0 Å². The highest BCUT2D eigenvalue weighted by atomic mass is 16.5. The smallest absolute Gasteiger partial charge is 0.332 e. The summed E-state index contributed by atoms with van der Waals surface area (Å²) in [6.45, 7) is 0.230. The third kappa shape index (κ3) is 6.89. The number of carboxylic acids is 1. The maximum absolute atomic E-state index is 11.2. The average molecular weight is 312 g/mol. The molecule has 0 spiro atoms. The Kier molecular flexibility index (Phi) is 8.50. The van der Waals surface area contributed by atoms with Crippen molar-refractivity contribution in [3.63, 3.8) is 0 Å². The molecule has 0 saturated heterocycles. The number of aliphatic hydroxyl groups excluding tert-OH is 2. The number of ether oxygens (including phenoxy) is 2. The number of unbranched alkanes of at least 4 members (excludes halogenated alkanes) is 1. The van der Waals surface area contributed by atoms with Gasteiger partial charge >= 0.3 is 5.97 Å². The molecule has 0 saturated carbocycles. The van der Waals surface area contributed by atoms with Crippen molar-refractivity contribution in [1.82, 2.24) is 0 Å². The number of carboxylic acid groups (broad SMARTS) is 1. The molecule has 1 aromatic rings. The van der Waals surface area contributed by atoms with E-state index in [1.807, 2.05) is 0 Å². The second-order valence-corrected chi connectivity index (χ2v) is 5.09. The van der Waals surface area contributed by atoms with Gasteiger partial charge in [-0.3, -0.25) is 0 Å². The fourth-order valence-corrected chi connectivity index (χ4v) is 2.02. The van der Waals surface area contributed by atoms with Crippen molar-refractivity contribution in [1.29, 1.82) is 0 Å². The van der Waals surface area contributed by atoms with Crippen molar-refractivity contribution < 1.29 is 29.6 Å². The SMILES string of the molecule is COc1ccc(CO[C@@H](CC(O)CCCCO)C(=O)O)cc1. The van der Waals surface area contributed by atoms with Crippen molar-refractivity contribution >= 4 is 5.97 Å². The number of carbonyl (C=O) groups is 1. The first-order chi connectivity index (χ1) is 10.6. The Bertz CT molecular complexity index is 431. The monoisotopic (exact) mass is 312 g/mol. The summed E-state index contributed by atoms with van der Waals surface area (Å²) in [5.41, 5.74) is 0.835. The summed E-state index contributed by atoms with van der Waals surface area (Å²) in [4.78, 5) is 11.2. The Morgan fingerprint density at radius 1 is 1.23 bits per heavy atom. The molecule has 1 unspecified atom stereocenters. The molecule has 0 aliphatic carbocycles. The highest BCUT2D eigenvalue weighted by Gasteiger charge is 2.22. The molecule has 124 valence electrons. The van der Waals surface area contributed by atoms with Gasteiger partial charge in [0.25, 0.3) is 0 Å². The van der Waals surface area contributed by atoms with Crippen LogP contribution in [0.1, 0.15) is 31.2 Å². The second kappa shape index (κ2) is 10.2. The molecule has 1 rings (SSSR count). The van der Waals surface area contributed by atoms with Crippen molar-refractivity contribution in [2.75, 3.05) is 13.7 Å². The summed E-state index contributed by atoms with van der Waals surface area (Å²) < 4.78 is 10.4. The maximum Gasteiger partial charge on any atom is 0.332 e. The fourth-order valence-electron chi connectivity index (χ4n) is 2.02. The Morgan fingerprint density at radius 3 is 2.45 bits per heavy atom. The van der Waals surface area contributed by atoms with Gasteiger partial charge in [-0.2, -0.15) is 0 Å². The number of methoxy groups -OCH3 is 1. The van der Waals surface area contributed by atoms with Crippen LogP contribution < -0.4 is 4.74 Å². The second-order valence-electron chi connectivity index (χ2n) is 5.09. The van der Waals surface area contributed by atoms with E-state index in [4.69, 9.17) is 19.7 Å². The normalized spacial score (nSPS) is 13.6. The average Bonchev–Trinajstić information content (AvgIpc) is 2.52. The Balaban J connectivity index is 2.44. The van der Waals surface area contributed by atoms with Gasteiger partial charge < -0.3 is 24.8 Å². The quantitative estimate of drug-likeness (QED) is 0.537. The molecule has 3 N–H and O–H groups in total. The molecule has 0 amide bonds. The number of hydrogen-bond donors (Lipinski definition) is 3. The molecule has 0 radical (unpaired) electrons. The Hall–Kier alpha value is -1.63. The van der Waals surface area contributed by atoms with E-state index in [9.17, 15) is 9.90 Å². The molecule has 1 aromatic carbocycles. The van der Waals surface area contributed by atoms with Gasteiger partial charge in [-0.15, -0.1) is 0 Å². The number of hydrogen-bond acceptors (Lipinski definition) is 5. The van der Waals surface area contributed by atoms with Crippen molar-refractivity contribution in [3.8, 4) is 5.75 Å². The lowest BCUT2D eigenvalue weighted by molar-refractivity contribution is -0.153. The molecule has 6 heteroatoms. The van der Waals surface area contributed by atoms with Gasteiger partial charge in [0.2, 0.25) is 0 Å². The zero-order valence-corrected chi connectivity index (χ0v) is 12.8. The zero-order chi connectivity index (χ0) is 16.4. The number of aliphatic hydroxyl groups is 2. The van der Waals surface area contributed by atoms with E-state index in [2.05, 4.69) is 0 Å². The summed E-state index contributed by atoms with van der Waals surface area (Å²) in [5.74, 6) is -0.368. The van der Waals surface area contributed by atoms with E-state index in [0.717, 1.165) is 11.3 Å². The van der Waals surface area contributed by atoms with Gasteiger partial charge in [0.1, 0.15) is 5.75 Å². The van der Waals surface area contributed by atoms with Crippen LogP contribution in [0.2, 0.25) is 0 Å². The van der Waals surface area contributed by atoms with E-state index >= 15 is 0 Å². The summed E-state index contributed by atoms with van der Waals surface area (Å²) in [6, 6.07) is 7.15. The van der Waals surface area contributed by atoms with Crippen LogP contribution in [0.5, 0.6) is 5.75 Å². The first kappa shape index (κ1) is 18.4. The van der Waals surface area contributed by atoms with E-state index in [1.54, 1.807) is 31.4 Å². The Morgan fingerprint density at radius 2 is 1.91 bits per heavy atom. The zero-order valence-electron chi connectivity index (χ0n) is 12.8. The van der Waals surface area contributed by atoms with Crippen LogP contribution in [0.25, 0.3) is 0 Å². The molecular weight excluding hydrogens is 288 g/mol. The number of benzene rings is 1. The minimum absolute atomic E-state index is 0.0386. The highest BCUT2D eigenvalue weighted by Crippen LogP contribution is 2.15. The minimum Gasteiger partial charge on any atom is -0.497 e. The molecule has 0 aliphatic rings. The van der Waals surface area contributed by atoms with Crippen LogP contribution in [0.15, 0.2) is 24.3 Å². The van der Waals surface area contributed by atoms with E-state index in [-0.39, 0.29) is 19.6 Å². The molecule has 0 fully saturated rings. The van der Waals surface area contributed by atoms with Gasteiger partial charge in [-0.25, -0.2) is 4.79 Å². The largest absolute Gasteiger partial charge is 0.497 e. The lowest BCUT2D eigenvalue weighted by Crippen LogP contribution is -2.28.